The Morgan fingerprint density at radius 2 is 1.94 bits per heavy atom. The van der Waals surface area contributed by atoms with Crippen molar-refractivity contribution in [3.05, 3.63) is 18.2 Å². The van der Waals surface area contributed by atoms with Crippen molar-refractivity contribution in [2.45, 2.75) is 29.0 Å². The maximum atomic E-state index is 12.3. The maximum Gasteiger partial charge on any atom is 0.181 e. The van der Waals surface area contributed by atoms with Crippen LogP contribution in [0.15, 0.2) is 23.1 Å². The average molecular weight is 270 g/mol. The molecule has 0 saturated heterocycles. The number of aromatic hydroxyl groups is 1. The van der Waals surface area contributed by atoms with Crippen molar-refractivity contribution in [2.75, 3.05) is 19.8 Å². The third-order valence-corrected chi connectivity index (χ3v) is 5.74. The van der Waals surface area contributed by atoms with E-state index in [1.165, 1.54) is 18.2 Å². The van der Waals surface area contributed by atoms with Gasteiger partial charge in [-0.2, -0.15) is 0 Å². The van der Waals surface area contributed by atoms with Gasteiger partial charge < -0.3 is 15.7 Å². The Hall–Kier alpha value is -1.27. The number of nitrogen functional groups attached to an aromatic ring is 1. The van der Waals surface area contributed by atoms with Crippen LogP contribution in [0, 0.1) is 0 Å². The number of anilines is 1. The number of phenols is 1. The Kier molecular flexibility index (Phi) is 3.25. The highest BCUT2D eigenvalue weighted by Crippen LogP contribution is 2.35. The Bertz CT molecular complexity index is 548. The van der Waals surface area contributed by atoms with Gasteiger partial charge in [0.15, 0.2) is 9.84 Å². The monoisotopic (exact) mass is 270 g/mol. The summed E-state index contributed by atoms with van der Waals surface area (Å²) in [5.41, 5.74) is 5.65. The van der Waals surface area contributed by atoms with E-state index in [1.54, 1.807) is 0 Å². The second-order valence-corrected chi connectivity index (χ2v) is 7.20. The smallest absolute Gasteiger partial charge is 0.181 e. The third kappa shape index (κ3) is 2.18. The standard InChI is InChI=1S/C12H18N2O3S/c1-14(2)8-5-10(6-8)18(16,17)9-3-4-11(13)12(15)7-9/h3-4,7-8,10,15H,5-6,13H2,1-2H3. The lowest BCUT2D eigenvalue weighted by Crippen LogP contribution is -2.46. The minimum atomic E-state index is -3.35. The summed E-state index contributed by atoms with van der Waals surface area (Å²) in [6, 6.07) is 4.43. The lowest BCUT2D eigenvalue weighted by atomic mass is 9.91. The van der Waals surface area contributed by atoms with E-state index in [0.29, 0.717) is 18.9 Å². The van der Waals surface area contributed by atoms with Gasteiger partial charge in [0.25, 0.3) is 0 Å². The first-order chi connectivity index (χ1) is 8.32. The molecule has 3 N–H and O–H groups in total. The van der Waals surface area contributed by atoms with Crippen LogP contribution in [0.1, 0.15) is 12.8 Å². The SMILES string of the molecule is CN(C)C1CC(S(=O)(=O)c2ccc(N)c(O)c2)C1. The first kappa shape index (κ1) is 13.2. The van der Waals surface area contributed by atoms with E-state index < -0.39 is 9.84 Å². The zero-order valence-corrected chi connectivity index (χ0v) is 11.3. The van der Waals surface area contributed by atoms with E-state index in [1.807, 2.05) is 19.0 Å². The number of nitrogens with zero attached hydrogens (tertiary/aromatic N) is 1. The van der Waals surface area contributed by atoms with E-state index >= 15 is 0 Å². The summed E-state index contributed by atoms with van der Waals surface area (Å²) in [7, 11) is 0.544. The van der Waals surface area contributed by atoms with Gasteiger partial charge in [0, 0.05) is 12.1 Å². The van der Waals surface area contributed by atoms with Crippen LogP contribution in [-0.4, -0.2) is 43.8 Å². The molecule has 0 atom stereocenters. The molecule has 1 aromatic rings. The van der Waals surface area contributed by atoms with Crippen LogP contribution in [0.5, 0.6) is 5.75 Å². The van der Waals surface area contributed by atoms with Crippen molar-refractivity contribution in [3.8, 4) is 5.75 Å². The fourth-order valence-electron chi connectivity index (χ4n) is 2.11. The largest absolute Gasteiger partial charge is 0.506 e. The Balaban J connectivity index is 2.20. The lowest BCUT2D eigenvalue weighted by molar-refractivity contribution is 0.196. The molecule has 1 fully saturated rings. The molecular weight excluding hydrogens is 252 g/mol. The van der Waals surface area contributed by atoms with E-state index in [2.05, 4.69) is 0 Å². The minimum Gasteiger partial charge on any atom is -0.506 e. The number of phenolic OH excluding ortho intramolecular Hbond substituents is 1. The van der Waals surface area contributed by atoms with Gasteiger partial charge in [-0.25, -0.2) is 8.42 Å². The summed E-state index contributed by atoms with van der Waals surface area (Å²) in [6.45, 7) is 0. The molecule has 0 spiro atoms. The molecule has 1 aliphatic carbocycles. The number of hydrogen-bond donors (Lipinski definition) is 2. The van der Waals surface area contributed by atoms with Crippen molar-refractivity contribution >= 4 is 15.5 Å². The normalized spacial score (nSPS) is 23.9. The molecule has 0 heterocycles. The van der Waals surface area contributed by atoms with Gasteiger partial charge in [0.1, 0.15) is 5.75 Å². The quantitative estimate of drug-likeness (QED) is 0.628. The zero-order valence-electron chi connectivity index (χ0n) is 10.5. The van der Waals surface area contributed by atoms with E-state index in [-0.39, 0.29) is 21.6 Å². The second-order valence-electron chi connectivity index (χ2n) is 4.98. The summed E-state index contributed by atoms with van der Waals surface area (Å²) in [6.07, 6.45) is 1.28. The predicted molar refractivity (Wildman–Crippen MR) is 70.2 cm³/mol. The first-order valence-electron chi connectivity index (χ1n) is 5.81. The molecule has 18 heavy (non-hydrogen) atoms. The van der Waals surface area contributed by atoms with Crippen molar-refractivity contribution in [3.63, 3.8) is 0 Å². The zero-order chi connectivity index (χ0) is 13.5. The summed E-state index contributed by atoms with van der Waals surface area (Å²) in [4.78, 5) is 2.18. The highest BCUT2D eigenvalue weighted by Gasteiger charge is 2.40. The highest BCUT2D eigenvalue weighted by atomic mass is 32.2. The Morgan fingerprint density at radius 1 is 1.33 bits per heavy atom. The molecule has 1 aromatic carbocycles. The van der Waals surface area contributed by atoms with Crippen LogP contribution in [0.25, 0.3) is 0 Å². The molecular formula is C12H18N2O3S. The summed E-state index contributed by atoms with van der Waals surface area (Å²) >= 11 is 0. The van der Waals surface area contributed by atoms with Crippen molar-refractivity contribution in [1.29, 1.82) is 0 Å². The number of benzene rings is 1. The summed E-state index contributed by atoms with van der Waals surface area (Å²) in [5.74, 6) is -0.181. The van der Waals surface area contributed by atoms with Gasteiger partial charge in [-0.05, 0) is 39.1 Å². The maximum absolute atomic E-state index is 12.3. The molecule has 0 unspecified atom stereocenters. The summed E-state index contributed by atoms with van der Waals surface area (Å²) in [5, 5.41) is 9.12. The minimum absolute atomic E-state index is 0.149. The van der Waals surface area contributed by atoms with Crippen LogP contribution >= 0.6 is 0 Å². The number of sulfone groups is 1. The molecule has 1 saturated carbocycles. The average Bonchev–Trinajstić information content (AvgIpc) is 2.18. The molecule has 0 aromatic heterocycles. The van der Waals surface area contributed by atoms with Crippen LogP contribution in [0.2, 0.25) is 0 Å². The van der Waals surface area contributed by atoms with Crippen molar-refractivity contribution in [1.82, 2.24) is 4.90 Å². The molecule has 6 heteroatoms. The fourth-order valence-corrected chi connectivity index (χ4v) is 3.98. The molecule has 0 aliphatic heterocycles. The molecule has 1 aliphatic rings. The van der Waals surface area contributed by atoms with Gasteiger partial charge in [0.05, 0.1) is 15.8 Å². The lowest BCUT2D eigenvalue weighted by Gasteiger charge is -2.39. The number of nitrogens with two attached hydrogens (primary N) is 1. The van der Waals surface area contributed by atoms with Crippen LogP contribution in [0.3, 0.4) is 0 Å². The number of rotatable bonds is 3. The Labute approximate surface area is 107 Å². The number of hydrogen-bond acceptors (Lipinski definition) is 5. The molecule has 100 valence electrons. The van der Waals surface area contributed by atoms with Crippen LogP contribution < -0.4 is 5.73 Å². The van der Waals surface area contributed by atoms with Crippen LogP contribution in [-0.2, 0) is 9.84 Å². The topological polar surface area (TPSA) is 83.6 Å². The van der Waals surface area contributed by atoms with Gasteiger partial charge in [0.2, 0.25) is 0 Å². The fraction of sp³-hybridized carbons (Fsp3) is 0.500. The van der Waals surface area contributed by atoms with Crippen molar-refractivity contribution < 1.29 is 13.5 Å². The van der Waals surface area contributed by atoms with Crippen molar-refractivity contribution in [2.24, 2.45) is 0 Å². The first-order valence-corrected chi connectivity index (χ1v) is 7.36. The van der Waals surface area contributed by atoms with Gasteiger partial charge in [-0.3, -0.25) is 0 Å². The Morgan fingerprint density at radius 3 is 2.44 bits per heavy atom. The third-order valence-electron chi connectivity index (χ3n) is 3.57. The van der Waals surface area contributed by atoms with Crippen LogP contribution in [0.4, 0.5) is 5.69 Å². The van der Waals surface area contributed by atoms with Gasteiger partial charge in [-0.15, -0.1) is 0 Å². The summed E-state index contributed by atoms with van der Waals surface area (Å²) < 4.78 is 24.6. The van der Waals surface area contributed by atoms with Gasteiger partial charge >= 0.3 is 0 Å². The molecule has 0 bridgehead atoms. The molecule has 0 amide bonds. The second kappa shape index (κ2) is 4.44. The molecule has 5 nitrogen and oxygen atoms in total. The van der Waals surface area contributed by atoms with E-state index in [9.17, 15) is 13.5 Å². The van der Waals surface area contributed by atoms with E-state index in [4.69, 9.17) is 5.73 Å². The molecule has 0 radical (unpaired) electrons. The highest BCUT2D eigenvalue weighted by molar-refractivity contribution is 7.92. The predicted octanol–water partition coefficient (Wildman–Crippen LogP) is 0.841. The van der Waals surface area contributed by atoms with Gasteiger partial charge in [-0.1, -0.05) is 0 Å². The van der Waals surface area contributed by atoms with E-state index in [0.717, 1.165) is 0 Å². The molecule has 2 rings (SSSR count).